The molecule has 0 aliphatic heterocycles. The standard InChI is InChI=1S/C6H12O4/c1-5(7)3-4-6(8)10-9-2/h5,7H,3-4H2,1-2H3. The summed E-state index contributed by atoms with van der Waals surface area (Å²) in [5.41, 5.74) is 0. The van der Waals surface area contributed by atoms with E-state index in [0.29, 0.717) is 6.42 Å². The maximum Gasteiger partial charge on any atom is 0.342 e. The van der Waals surface area contributed by atoms with Gasteiger partial charge in [0.2, 0.25) is 0 Å². The van der Waals surface area contributed by atoms with Crippen LogP contribution in [0.1, 0.15) is 19.8 Å². The van der Waals surface area contributed by atoms with Crippen molar-refractivity contribution in [1.29, 1.82) is 0 Å². The van der Waals surface area contributed by atoms with Crippen molar-refractivity contribution in [3.05, 3.63) is 0 Å². The second-order valence-electron chi connectivity index (χ2n) is 2.01. The molecule has 0 saturated carbocycles. The zero-order valence-corrected chi connectivity index (χ0v) is 6.16. The zero-order chi connectivity index (χ0) is 7.98. The first kappa shape index (κ1) is 9.39. The first-order valence-electron chi connectivity index (χ1n) is 3.08. The number of aliphatic hydroxyl groups excluding tert-OH is 1. The number of rotatable bonds is 4. The van der Waals surface area contributed by atoms with Crippen molar-refractivity contribution in [1.82, 2.24) is 0 Å². The molecule has 0 aromatic rings. The molecule has 0 radical (unpaired) electrons. The van der Waals surface area contributed by atoms with E-state index in [-0.39, 0.29) is 6.42 Å². The van der Waals surface area contributed by atoms with E-state index in [0.717, 1.165) is 0 Å². The Hall–Kier alpha value is -0.610. The summed E-state index contributed by atoms with van der Waals surface area (Å²) in [6.07, 6.45) is 0.123. The average Bonchev–Trinajstić information content (AvgIpc) is 1.85. The molecule has 1 N–H and O–H groups in total. The van der Waals surface area contributed by atoms with Gasteiger partial charge in [-0.25, -0.2) is 4.79 Å². The molecule has 60 valence electrons. The molecule has 0 amide bonds. The van der Waals surface area contributed by atoms with E-state index in [1.807, 2.05) is 0 Å². The molecule has 0 aliphatic carbocycles. The third-order valence-corrected chi connectivity index (χ3v) is 0.943. The van der Waals surface area contributed by atoms with E-state index in [4.69, 9.17) is 5.11 Å². The van der Waals surface area contributed by atoms with Gasteiger partial charge in [-0.3, -0.25) is 4.89 Å². The summed E-state index contributed by atoms with van der Waals surface area (Å²) in [4.78, 5) is 18.7. The van der Waals surface area contributed by atoms with E-state index >= 15 is 0 Å². The Bertz CT molecular complexity index is 99.9. The number of hydrogen-bond acceptors (Lipinski definition) is 4. The van der Waals surface area contributed by atoms with Gasteiger partial charge in [-0.15, -0.1) is 0 Å². The quantitative estimate of drug-likeness (QED) is 0.458. The number of hydrogen-bond donors (Lipinski definition) is 1. The Labute approximate surface area is 59.7 Å². The van der Waals surface area contributed by atoms with Crippen molar-refractivity contribution in [2.24, 2.45) is 0 Å². The van der Waals surface area contributed by atoms with Crippen LogP contribution in [0.15, 0.2) is 0 Å². The van der Waals surface area contributed by atoms with Crippen molar-refractivity contribution < 1.29 is 19.7 Å². The highest BCUT2D eigenvalue weighted by atomic mass is 17.2. The molecule has 1 atom stereocenters. The lowest BCUT2D eigenvalue weighted by atomic mass is 10.2. The van der Waals surface area contributed by atoms with Crippen molar-refractivity contribution in [2.45, 2.75) is 25.9 Å². The minimum absolute atomic E-state index is 0.186. The number of carbonyl (C=O) groups is 1. The normalized spacial score (nSPS) is 12.7. The third kappa shape index (κ3) is 5.53. The van der Waals surface area contributed by atoms with Crippen molar-refractivity contribution in [3.8, 4) is 0 Å². The molecule has 10 heavy (non-hydrogen) atoms. The minimum Gasteiger partial charge on any atom is -0.393 e. The molecule has 0 saturated heterocycles. The van der Waals surface area contributed by atoms with Crippen molar-refractivity contribution in [3.63, 3.8) is 0 Å². The second kappa shape index (κ2) is 5.20. The maximum absolute atomic E-state index is 10.5. The van der Waals surface area contributed by atoms with Crippen LogP contribution < -0.4 is 0 Å². The van der Waals surface area contributed by atoms with Gasteiger partial charge in [0.25, 0.3) is 0 Å². The molecule has 0 rings (SSSR count). The predicted octanol–water partition coefficient (Wildman–Crippen LogP) is 0.252. The molecule has 0 spiro atoms. The minimum atomic E-state index is -0.468. The summed E-state index contributed by atoms with van der Waals surface area (Å²) < 4.78 is 0. The lowest BCUT2D eigenvalue weighted by Gasteiger charge is -2.01. The molecule has 0 aliphatic rings. The van der Waals surface area contributed by atoms with E-state index in [9.17, 15) is 4.79 Å². The fourth-order valence-electron chi connectivity index (χ4n) is 0.461. The molecular weight excluding hydrogens is 136 g/mol. The van der Waals surface area contributed by atoms with Gasteiger partial charge < -0.3 is 5.11 Å². The van der Waals surface area contributed by atoms with E-state index in [2.05, 4.69) is 9.78 Å². The summed E-state index contributed by atoms with van der Waals surface area (Å²) in [6, 6.07) is 0. The van der Waals surface area contributed by atoms with Gasteiger partial charge in [-0.2, -0.15) is 4.89 Å². The van der Waals surface area contributed by atoms with E-state index in [1.54, 1.807) is 6.92 Å². The molecule has 0 fully saturated rings. The highest BCUT2D eigenvalue weighted by Crippen LogP contribution is 1.97. The molecule has 0 aromatic carbocycles. The summed E-state index contributed by atoms with van der Waals surface area (Å²) in [5, 5.41) is 8.72. The lowest BCUT2D eigenvalue weighted by Crippen LogP contribution is -2.07. The monoisotopic (exact) mass is 148 g/mol. The number of carbonyl (C=O) groups excluding carboxylic acids is 1. The van der Waals surface area contributed by atoms with Crippen LogP contribution in [0.3, 0.4) is 0 Å². The van der Waals surface area contributed by atoms with Gasteiger partial charge in [0.15, 0.2) is 0 Å². The molecule has 0 bridgehead atoms. The van der Waals surface area contributed by atoms with E-state index in [1.165, 1.54) is 7.11 Å². The SMILES string of the molecule is COOC(=O)CCC(C)O. The van der Waals surface area contributed by atoms with Crippen LogP contribution in [0.5, 0.6) is 0 Å². The second-order valence-corrected chi connectivity index (χ2v) is 2.01. The highest BCUT2D eigenvalue weighted by molar-refractivity contribution is 5.68. The van der Waals surface area contributed by atoms with Crippen molar-refractivity contribution >= 4 is 5.97 Å². The zero-order valence-electron chi connectivity index (χ0n) is 6.16. The van der Waals surface area contributed by atoms with Gasteiger partial charge in [0, 0.05) is 0 Å². The topological polar surface area (TPSA) is 55.8 Å². The van der Waals surface area contributed by atoms with Crippen LogP contribution in [-0.4, -0.2) is 24.3 Å². The molecule has 4 heteroatoms. The number of aliphatic hydroxyl groups is 1. The first-order valence-corrected chi connectivity index (χ1v) is 3.08. The third-order valence-electron chi connectivity index (χ3n) is 0.943. The van der Waals surface area contributed by atoms with Gasteiger partial charge >= 0.3 is 5.97 Å². The smallest absolute Gasteiger partial charge is 0.342 e. The predicted molar refractivity (Wildman–Crippen MR) is 34.0 cm³/mol. The Morgan fingerprint density at radius 2 is 2.30 bits per heavy atom. The molecule has 0 aromatic heterocycles. The molecule has 4 nitrogen and oxygen atoms in total. The Morgan fingerprint density at radius 1 is 1.70 bits per heavy atom. The maximum atomic E-state index is 10.5. The summed E-state index contributed by atoms with van der Waals surface area (Å²) >= 11 is 0. The van der Waals surface area contributed by atoms with Gasteiger partial charge in [0.05, 0.1) is 19.6 Å². The summed E-state index contributed by atoms with van der Waals surface area (Å²) in [6.45, 7) is 1.61. The van der Waals surface area contributed by atoms with Gasteiger partial charge in [0.1, 0.15) is 0 Å². The lowest BCUT2D eigenvalue weighted by molar-refractivity contribution is -0.255. The van der Waals surface area contributed by atoms with Crippen LogP contribution in [0.4, 0.5) is 0 Å². The van der Waals surface area contributed by atoms with Gasteiger partial charge in [-0.05, 0) is 13.3 Å². The van der Waals surface area contributed by atoms with E-state index < -0.39 is 12.1 Å². The van der Waals surface area contributed by atoms with Crippen LogP contribution in [0, 0.1) is 0 Å². The summed E-state index contributed by atoms with van der Waals surface area (Å²) in [7, 11) is 1.26. The Kier molecular flexibility index (Phi) is 4.88. The fourth-order valence-corrected chi connectivity index (χ4v) is 0.461. The highest BCUT2D eigenvalue weighted by Gasteiger charge is 2.04. The van der Waals surface area contributed by atoms with Crippen molar-refractivity contribution in [2.75, 3.05) is 7.11 Å². The first-order chi connectivity index (χ1) is 4.66. The largest absolute Gasteiger partial charge is 0.393 e. The molecule has 1 unspecified atom stereocenters. The average molecular weight is 148 g/mol. The fraction of sp³-hybridized carbons (Fsp3) is 0.833. The van der Waals surface area contributed by atoms with Crippen LogP contribution in [0.2, 0.25) is 0 Å². The molecular formula is C6H12O4. The Balaban J connectivity index is 3.22. The molecule has 0 heterocycles. The van der Waals surface area contributed by atoms with Crippen LogP contribution in [-0.2, 0) is 14.6 Å². The van der Waals surface area contributed by atoms with Crippen LogP contribution >= 0.6 is 0 Å². The van der Waals surface area contributed by atoms with Crippen LogP contribution in [0.25, 0.3) is 0 Å². The Morgan fingerprint density at radius 3 is 2.70 bits per heavy atom. The van der Waals surface area contributed by atoms with Gasteiger partial charge in [-0.1, -0.05) is 0 Å². The summed E-state index contributed by atoms with van der Waals surface area (Å²) in [5.74, 6) is -0.455.